The molecule has 6 atom stereocenters. The fourth-order valence-electron chi connectivity index (χ4n) is 5.01. The summed E-state index contributed by atoms with van der Waals surface area (Å²) in [6.07, 6.45) is -3.14. The van der Waals surface area contributed by atoms with E-state index < -0.39 is 50.2 Å². The second-order valence-electron chi connectivity index (χ2n) is 12.7. The lowest BCUT2D eigenvalue weighted by Crippen LogP contribution is -2.47. The van der Waals surface area contributed by atoms with E-state index in [2.05, 4.69) is 25.4 Å². The molecule has 1 aliphatic rings. The van der Waals surface area contributed by atoms with Crippen molar-refractivity contribution in [3.63, 3.8) is 0 Å². The second-order valence-corrected chi connectivity index (χ2v) is 14.4. The lowest BCUT2D eigenvalue weighted by Gasteiger charge is -2.28. The standard InChI is InChI=1S/C30H38F2N7O7P/c1-17(24(40)43-14-28(2,3)4)38-47(42,46-20-13-9-11-18-10-7-8-12-19(18)20)44-15-30(32)25(41)29(5,31)26(45-30)39-16-35-21-22(34-6)36-27(33)37-23(21)39/h7-13,16-17,25-26,41H,14-15H2,1-6H3,(H,38,42)(H3,33,34,36,37)/t17-,25-,26+,29+,30+,47?/m0/s1. The average Bonchev–Trinajstić information content (AvgIpc) is 3.50. The van der Waals surface area contributed by atoms with Gasteiger partial charge in [0.25, 0.3) is 5.85 Å². The molecular weight excluding hydrogens is 639 g/mol. The van der Waals surface area contributed by atoms with Crippen molar-refractivity contribution in [1.82, 2.24) is 24.6 Å². The van der Waals surface area contributed by atoms with Gasteiger partial charge in [0.15, 0.2) is 35.0 Å². The van der Waals surface area contributed by atoms with Crippen molar-refractivity contribution < 1.29 is 41.8 Å². The number of anilines is 2. The van der Waals surface area contributed by atoms with E-state index in [1.165, 1.54) is 13.0 Å². The van der Waals surface area contributed by atoms with Gasteiger partial charge in [0.05, 0.1) is 12.9 Å². The third-order valence-electron chi connectivity index (χ3n) is 7.41. The Balaban J connectivity index is 1.44. The van der Waals surface area contributed by atoms with E-state index in [1.807, 2.05) is 20.8 Å². The number of hydrogen-bond donors (Lipinski definition) is 4. The number of fused-ring (bicyclic) bond motifs is 2. The topological polar surface area (TPSA) is 185 Å². The number of aliphatic hydroxyl groups excluding tert-OH is 1. The van der Waals surface area contributed by atoms with Crippen molar-refractivity contribution in [2.45, 2.75) is 64.5 Å². The zero-order valence-electron chi connectivity index (χ0n) is 26.7. The summed E-state index contributed by atoms with van der Waals surface area (Å²) in [6, 6.07) is 10.7. The maximum atomic E-state index is 16.5. The first kappa shape index (κ1) is 34.4. The molecule has 254 valence electrons. The van der Waals surface area contributed by atoms with Gasteiger partial charge in [0.2, 0.25) is 5.95 Å². The molecule has 0 aliphatic carbocycles. The van der Waals surface area contributed by atoms with E-state index in [0.29, 0.717) is 5.39 Å². The molecule has 0 saturated carbocycles. The van der Waals surface area contributed by atoms with Crippen molar-refractivity contribution in [1.29, 1.82) is 0 Å². The fraction of sp³-hybridized carbons (Fsp3) is 0.467. The van der Waals surface area contributed by atoms with Crippen LogP contribution >= 0.6 is 7.75 Å². The van der Waals surface area contributed by atoms with E-state index >= 15 is 8.78 Å². The number of nitrogen functional groups attached to an aromatic ring is 1. The van der Waals surface area contributed by atoms with Gasteiger partial charge in [-0.05, 0) is 30.7 Å². The van der Waals surface area contributed by atoms with E-state index in [4.69, 9.17) is 24.3 Å². The number of benzene rings is 2. The van der Waals surface area contributed by atoms with Gasteiger partial charge in [-0.2, -0.15) is 15.1 Å². The highest BCUT2D eigenvalue weighted by atomic mass is 31.2. The molecule has 14 nitrogen and oxygen atoms in total. The van der Waals surface area contributed by atoms with Crippen LogP contribution in [0.15, 0.2) is 48.8 Å². The molecular formula is C30H38F2N7O7P. The minimum absolute atomic E-state index is 0.00214. The average molecular weight is 678 g/mol. The lowest BCUT2D eigenvalue weighted by atomic mass is 9.97. The molecule has 1 aliphatic heterocycles. The van der Waals surface area contributed by atoms with Crippen LogP contribution in [-0.4, -0.2) is 74.5 Å². The van der Waals surface area contributed by atoms with Gasteiger partial charge in [-0.1, -0.05) is 57.2 Å². The molecule has 0 radical (unpaired) electrons. The summed E-state index contributed by atoms with van der Waals surface area (Å²) in [5.74, 6) is -3.91. The van der Waals surface area contributed by atoms with Crippen LogP contribution in [0.25, 0.3) is 21.9 Å². The lowest BCUT2D eigenvalue weighted by molar-refractivity contribution is -0.202. The van der Waals surface area contributed by atoms with Crippen LogP contribution in [0.2, 0.25) is 0 Å². The van der Waals surface area contributed by atoms with Gasteiger partial charge in [-0.15, -0.1) is 0 Å². The molecule has 1 unspecified atom stereocenters. The number of imidazole rings is 1. The Morgan fingerprint density at radius 1 is 1.21 bits per heavy atom. The molecule has 47 heavy (non-hydrogen) atoms. The molecule has 5 rings (SSSR count). The Hall–Kier alpha value is -3.95. The number of nitrogens with zero attached hydrogens (tertiary/aromatic N) is 4. The molecule has 3 heterocycles. The van der Waals surface area contributed by atoms with E-state index in [9.17, 15) is 14.5 Å². The Bertz CT molecular complexity index is 1830. The summed E-state index contributed by atoms with van der Waals surface area (Å²) >= 11 is 0. The van der Waals surface area contributed by atoms with Crippen LogP contribution in [0.4, 0.5) is 20.5 Å². The molecule has 2 aromatic heterocycles. The van der Waals surface area contributed by atoms with Crippen molar-refractivity contribution in [3.8, 4) is 5.75 Å². The third-order valence-corrected chi connectivity index (χ3v) is 9.02. The fourth-order valence-corrected chi connectivity index (χ4v) is 6.54. The number of alkyl halides is 2. The maximum absolute atomic E-state index is 16.5. The molecule has 0 bridgehead atoms. The number of ether oxygens (including phenoxy) is 2. The summed E-state index contributed by atoms with van der Waals surface area (Å²) in [6.45, 7) is 6.67. The first-order chi connectivity index (χ1) is 22.0. The number of rotatable bonds is 11. The number of esters is 1. The monoisotopic (exact) mass is 677 g/mol. The Morgan fingerprint density at radius 3 is 2.62 bits per heavy atom. The molecule has 1 fully saturated rings. The molecule has 4 aromatic rings. The summed E-state index contributed by atoms with van der Waals surface area (Å²) in [4.78, 5) is 25.1. The Labute approximate surface area is 269 Å². The number of nitrogens with two attached hydrogens (primary N) is 1. The van der Waals surface area contributed by atoms with Crippen molar-refractivity contribution in [2.24, 2.45) is 5.41 Å². The molecule has 0 spiro atoms. The van der Waals surface area contributed by atoms with E-state index in [1.54, 1.807) is 43.4 Å². The van der Waals surface area contributed by atoms with Gasteiger partial charge < -0.3 is 30.2 Å². The zero-order chi connectivity index (χ0) is 34.4. The highest BCUT2D eigenvalue weighted by Gasteiger charge is 2.65. The Morgan fingerprint density at radius 2 is 1.91 bits per heavy atom. The van der Waals surface area contributed by atoms with Crippen molar-refractivity contribution >= 4 is 47.4 Å². The molecule has 17 heteroatoms. The SMILES string of the molecule is CNc1nc(N)nc2c1ncn2[C@@H]1O[C@](F)(COP(=O)(N[C@@H](C)C(=O)OCC(C)(C)C)Oc2cccc3ccccc23)[C@@H](O)[C@@]1(C)F. The largest absolute Gasteiger partial charge is 0.464 e. The van der Waals surface area contributed by atoms with Crippen LogP contribution in [0.1, 0.15) is 40.8 Å². The van der Waals surface area contributed by atoms with E-state index in [0.717, 1.165) is 23.2 Å². The van der Waals surface area contributed by atoms with Crippen molar-refractivity contribution in [3.05, 3.63) is 48.8 Å². The number of carbonyl (C=O) groups is 1. The normalized spacial score (nSPS) is 25.0. The minimum Gasteiger partial charge on any atom is -0.464 e. The highest BCUT2D eigenvalue weighted by Crippen LogP contribution is 2.52. The van der Waals surface area contributed by atoms with Gasteiger partial charge >= 0.3 is 13.7 Å². The van der Waals surface area contributed by atoms with Crippen LogP contribution in [0.5, 0.6) is 5.75 Å². The van der Waals surface area contributed by atoms with Crippen LogP contribution < -0.4 is 20.7 Å². The molecule has 2 aromatic carbocycles. The van der Waals surface area contributed by atoms with Gasteiger partial charge in [-0.25, -0.2) is 18.3 Å². The van der Waals surface area contributed by atoms with Crippen LogP contribution in [-0.2, 0) is 23.4 Å². The highest BCUT2D eigenvalue weighted by molar-refractivity contribution is 7.52. The molecule has 5 N–H and O–H groups in total. The van der Waals surface area contributed by atoms with Gasteiger partial charge in [-0.3, -0.25) is 13.9 Å². The predicted octanol–water partition coefficient (Wildman–Crippen LogP) is 4.66. The van der Waals surface area contributed by atoms with Gasteiger partial charge in [0, 0.05) is 12.4 Å². The summed E-state index contributed by atoms with van der Waals surface area (Å²) in [5.41, 5.74) is 2.85. The number of aromatic nitrogens is 4. The number of halogens is 2. The Kier molecular flexibility index (Phi) is 9.20. The molecule has 0 amide bonds. The smallest absolute Gasteiger partial charge is 0.459 e. The zero-order valence-corrected chi connectivity index (χ0v) is 27.6. The number of nitrogens with one attached hydrogen (secondary N) is 2. The minimum atomic E-state index is -4.69. The number of aliphatic hydroxyl groups is 1. The summed E-state index contributed by atoms with van der Waals surface area (Å²) in [7, 11) is -3.12. The first-order valence-electron chi connectivity index (χ1n) is 14.7. The van der Waals surface area contributed by atoms with Crippen molar-refractivity contribution in [2.75, 3.05) is 31.3 Å². The summed E-state index contributed by atoms with van der Waals surface area (Å²) < 4.78 is 70.2. The van der Waals surface area contributed by atoms with Crippen LogP contribution in [0, 0.1) is 5.41 Å². The third kappa shape index (κ3) is 7.02. The quantitative estimate of drug-likeness (QED) is 0.127. The number of carbonyl (C=O) groups excluding carboxylic acids is 1. The first-order valence-corrected chi connectivity index (χ1v) is 16.3. The molecule has 1 saturated heterocycles. The van der Waals surface area contributed by atoms with Crippen LogP contribution in [0.3, 0.4) is 0 Å². The maximum Gasteiger partial charge on any atom is 0.459 e. The summed E-state index contributed by atoms with van der Waals surface area (Å²) in [5, 5.41) is 17.5. The second kappa shape index (κ2) is 12.6. The van der Waals surface area contributed by atoms with E-state index in [-0.39, 0.29) is 40.7 Å². The van der Waals surface area contributed by atoms with Gasteiger partial charge in [0.1, 0.15) is 18.4 Å². The predicted molar refractivity (Wildman–Crippen MR) is 170 cm³/mol. The number of hydrogen-bond acceptors (Lipinski definition) is 12.